The van der Waals surface area contributed by atoms with E-state index in [4.69, 9.17) is 11.6 Å². The lowest BCUT2D eigenvalue weighted by atomic mass is 10.2. The average Bonchev–Trinajstić information content (AvgIpc) is 2.36. The monoisotopic (exact) mass is 303 g/mol. The lowest BCUT2D eigenvalue weighted by Crippen LogP contribution is -2.36. The highest BCUT2D eigenvalue weighted by molar-refractivity contribution is 7.98. The van der Waals surface area contributed by atoms with Crippen LogP contribution in [0, 0.1) is 10.1 Å². The van der Waals surface area contributed by atoms with E-state index in [1.54, 1.807) is 18.8 Å². The Labute approximate surface area is 120 Å². The third-order valence-corrected chi connectivity index (χ3v) is 3.69. The zero-order chi connectivity index (χ0) is 14.6. The number of pyridine rings is 1. The topological polar surface area (TPSA) is 76.3 Å². The van der Waals surface area contributed by atoms with Crippen LogP contribution in [-0.4, -0.2) is 45.8 Å². The molecule has 0 aliphatic rings. The number of nitro groups is 1. The first-order valence-electron chi connectivity index (χ1n) is 5.44. The van der Waals surface area contributed by atoms with Crippen molar-refractivity contribution in [3.05, 3.63) is 33.1 Å². The molecule has 1 aromatic heterocycles. The largest absolute Gasteiger partial charge is 0.338 e. The number of hydrogen-bond acceptors (Lipinski definition) is 5. The van der Waals surface area contributed by atoms with Crippen molar-refractivity contribution in [3.63, 3.8) is 0 Å². The van der Waals surface area contributed by atoms with Crippen LogP contribution in [0.25, 0.3) is 0 Å². The molecule has 6 nitrogen and oxygen atoms in total. The second-order valence-electron chi connectivity index (χ2n) is 4.00. The third kappa shape index (κ3) is 3.81. The van der Waals surface area contributed by atoms with E-state index in [1.165, 1.54) is 11.0 Å². The molecule has 1 heterocycles. The van der Waals surface area contributed by atoms with E-state index in [1.807, 2.05) is 13.2 Å². The Hall–Kier alpha value is -1.34. The Balaban J connectivity index is 3.11. The van der Waals surface area contributed by atoms with Crippen molar-refractivity contribution in [1.82, 2.24) is 9.88 Å². The fourth-order valence-electron chi connectivity index (χ4n) is 1.48. The molecular formula is C11H14ClN3O3S. The van der Waals surface area contributed by atoms with Gasteiger partial charge in [0.25, 0.3) is 11.6 Å². The zero-order valence-corrected chi connectivity index (χ0v) is 12.4. The lowest BCUT2D eigenvalue weighted by molar-refractivity contribution is -0.385. The fraction of sp³-hybridized carbons (Fsp3) is 0.455. The number of carbonyl (C=O) groups excluding carboxylic acids is 1. The molecule has 0 fully saturated rings. The number of aromatic nitrogens is 1. The third-order valence-electron chi connectivity index (χ3n) is 2.67. The van der Waals surface area contributed by atoms with Crippen molar-refractivity contribution in [2.24, 2.45) is 0 Å². The maximum Gasteiger partial charge on any atom is 0.300 e. The summed E-state index contributed by atoms with van der Waals surface area (Å²) in [5.74, 6) is 0.312. The number of halogens is 1. The van der Waals surface area contributed by atoms with Crippen LogP contribution in [-0.2, 0) is 0 Å². The minimum Gasteiger partial charge on any atom is -0.338 e. The van der Waals surface area contributed by atoms with Gasteiger partial charge in [-0.2, -0.15) is 11.8 Å². The normalized spacial score (nSPS) is 12.0. The molecule has 8 heteroatoms. The number of carbonyl (C=O) groups is 1. The minimum atomic E-state index is -0.635. The number of thioether (sulfide) groups is 1. The van der Waals surface area contributed by atoms with Crippen molar-refractivity contribution in [1.29, 1.82) is 0 Å². The molecule has 0 aromatic carbocycles. The second-order valence-corrected chi connectivity index (χ2v) is 5.30. The average molecular weight is 304 g/mol. The Bertz CT molecular complexity index is 498. The predicted molar refractivity (Wildman–Crippen MR) is 75.8 cm³/mol. The van der Waals surface area contributed by atoms with Crippen molar-refractivity contribution in [3.8, 4) is 0 Å². The standard InChI is InChI=1S/C11H14ClN3O3S/c1-7(6-19-3)14(2)11(16)8-4-10(12)13-5-9(8)15(17)18/h4-5,7H,6H2,1-3H3. The summed E-state index contributed by atoms with van der Waals surface area (Å²) in [5, 5.41) is 11.0. The highest BCUT2D eigenvalue weighted by Crippen LogP contribution is 2.22. The van der Waals surface area contributed by atoms with Gasteiger partial charge in [0.1, 0.15) is 16.9 Å². The Morgan fingerprint density at radius 3 is 2.84 bits per heavy atom. The lowest BCUT2D eigenvalue weighted by Gasteiger charge is -2.24. The van der Waals surface area contributed by atoms with Gasteiger partial charge in [0.05, 0.1) is 4.92 Å². The smallest absolute Gasteiger partial charge is 0.300 e. The van der Waals surface area contributed by atoms with Gasteiger partial charge in [0, 0.05) is 18.8 Å². The summed E-state index contributed by atoms with van der Waals surface area (Å²) >= 11 is 7.30. The summed E-state index contributed by atoms with van der Waals surface area (Å²) in [6.07, 6.45) is 2.93. The summed E-state index contributed by atoms with van der Waals surface area (Å²) in [4.78, 5) is 27.6. The molecule has 0 N–H and O–H groups in total. The van der Waals surface area contributed by atoms with Gasteiger partial charge in [-0.3, -0.25) is 14.9 Å². The molecule has 0 aliphatic carbocycles. The van der Waals surface area contributed by atoms with Gasteiger partial charge in [-0.15, -0.1) is 0 Å². The summed E-state index contributed by atoms with van der Waals surface area (Å²) in [6, 6.07) is 1.19. The quantitative estimate of drug-likeness (QED) is 0.474. The van der Waals surface area contributed by atoms with E-state index in [-0.39, 0.29) is 22.4 Å². The van der Waals surface area contributed by atoms with Crippen molar-refractivity contribution >= 4 is 35.0 Å². The van der Waals surface area contributed by atoms with Crippen LogP contribution in [0.2, 0.25) is 5.15 Å². The first kappa shape index (κ1) is 15.7. The molecule has 0 aliphatic heterocycles. The molecule has 1 amide bonds. The molecule has 104 valence electrons. The predicted octanol–water partition coefficient (Wildman–Crippen LogP) is 2.47. The molecule has 0 radical (unpaired) electrons. The zero-order valence-electron chi connectivity index (χ0n) is 10.8. The maximum atomic E-state index is 12.3. The van der Waals surface area contributed by atoms with Crippen LogP contribution >= 0.6 is 23.4 Å². The summed E-state index contributed by atoms with van der Waals surface area (Å²) in [5.41, 5.74) is -0.377. The van der Waals surface area contributed by atoms with Crippen molar-refractivity contribution in [2.45, 2.75) is 13.0 Å². The molecule has 1 aromatic rings. The van der Waals surface area contributed by atoms with Gasteiger partial charge in [-0.25, -0.2) is 4.98 Å². The van der Waals surface area contributed by atoms with Gasteiger partial charge in [0.15, 0.2) is 0 Å². The highest BCUT2D eigenvalue weighted by atomic mass is 35.5. The second kappa shape index (κ2) is 6.72. The number of hydrogen-bond donors (Lipinski definition) is 0. The van der Waals surface area contributed by atoms with Crippen LogP contribution in [0.15, 0.2) is 12.3 Å². The van der Waals surface area contributed by atoms with E-state index >= 15 is 0 Å². The van der Waals surface area contributed by atoms with Crippen LogP contribution < -0.4 is 0 Å². The van der Waals surface area contributed by atoms with Gasteiger partial charge >= 0.3 is 0 Å². The Morgan fingerprint density at radius 2 is 2.32 bits per heavy atom. The highest BCUT2D eigenvalue weighted by Gasteiger charge is 2.26. The molecule has 19 heavy (non-hydrogen) atoms. The molecule has 1 unspecified atom stereocenters. The van der Waals surface area contributed by atoms with E-state index in [0.717, 1.165) is 11.9 Å². The van der Waals surface area contributed by atoms with Crippen LogP contribution in [0.4, 0.5) is 5.69 Å². The molecule has 0 spiro atoms. The number of rotatable bonds is 5. The van der Waals surface area contributed by atoms with Gasteiger partial charge in [0.2, 0.25) is 0 Å². The fourth-order valence-corrected chi connectivity index (χ4v) is 2.35. The van der Waals surface area contributed by atoms with Gasteiger partial charge < -0.3 is 4.90 Å². The number of amides is 1. The van der Waals surface area contributed by atoms with E-state index in [0.29, 0.717) is 0 Å². The van der Waals surface area contributed by atoms with Crippen molar-refractivity contribution < 1.29 is 9.72 Å². The summed E-state index contributed by atoms with van der Waals surface area (Å²) < 4.78 is 0. The molecule has 1 rings (SSSR count). The molecular weight excluding hydrogens is 290 g/mol. The Kier molecular flexibility index (Phi) is 5.56. The molecule has 0 saturated heterocycles. The SMILES string of the molecule is CSCC(C)N(C)C(=O)c1cc(Cl)ncc1[N+](=O)[O-]. The van der Waals surface area contributed by atoms with E-state index < -0.39 is 10.8 Å². The van der Waals surface area contributed by atoms with Crippen LogP contribution in [0.1, 0.15) is 17.3 Å². The first-order valence-corrected chi connectivity index (χ1v) is 7.21. The number of nitrogens with zero attached hydrogens (tertiary/aromatic N) is 3. The van der Waals surface area contributed by atoms with Gasteiger partial charge in [-0.1, -0.05) is 11.6 Å². The van der Waals surface area contributed by atoms with Crippen LogP contribution in [0.5, 0.6) is 0 Å². The minimum absolute atomic E-state index is 0.0333. The summed E-state index contributed by atoms with van der Waals surface area (Å²) in [6.45, 7) is 1.88. The van der Waals surface area contributed by atoms with Crippen molar-refractivity contribution in [2.75, 3.05) is 19.1 Å². The maximum absolute atomic E-state index is 12.3. The molecule has 0 bridgehead atoms. The molecule has 0 saturated carbocycles. The van der Waals surface area contributed by atoms with E-state index in [9.17, 15) is 14.9 Å². The first-order chi connectivity index (χ1) is 8.88. The van der Waals surface area contributed by atoms with E-state index in [2.05, 4.69) is 4.98 Å². The van der Waals surface area contributed by atoms with Gasteiger partial charge in [-0.05, 0) is 19.2 Å². The summed E-state index contributed by atoms with van der Waals surface area (Å²) in [7, 11) is 1.61. The molecule has 1 atom stereocenters. The Morgan fingerprint density at radius 1 is 1.68 bits per heavy atom. The van der Waals surface area contributed by atoms with Crippen LogP contribution in [0.3, 0.4) is 0 Å².